The molecule has 0 atom stereocenters. The minimum absolute atomic E-state index is 0.0801. The van der Waals surface area contributed by atoms with Crippen LogP contribution in [0.15, 0.2) is 18.5 Å². The van der Waals surface area contributed by atoms with Crippen LogP contribution in [0.25, 0.3) is 0 Å². The Kier molecular flexibility index (Phi) is 3.97. The van der Waals surface area contributed by atoms with Crippen molar-refractivity contribution in [3.63, 3.8) is 0 Å². The number of aromatic nitrogens is 1. The number of ether oxygens (including phenoxy) is 1. The van der Waals surface area contributed by atoms with E-state index < -0.39 is 0 Å². The molecule has 1 aromatic heterocycles. The Morgan fingerprint density at radius 2 is 2.33 bits per heavy atom. The molecule has 0 aliphatic heterocycles. The maximum Gasteiger partial charge on any atom is 0.232 e. The van der Waals surface area contributed by atoms with Gasteiger partial charge in [-0.15, -0.1) is 0 Å². The Morgan fingerprint density at radius 3 is 2.89 bits per heavy atom. The second-order valence-corrected chi connectivity index (χ2v) is 4.91. The van der Waals surface area contributed by atoms with Gasteiger partial charge in [-0.25, -0.2) is 0 Å². The number of hydrogen-bond acceptors (Lipinski definition) is 3. The molecule has 1 aliphatic carbocycles. The first-order chi connectivity index (χ1) is 8.72. The van der Waals surface area contributed by atoms with Crippen molar-refractivity contribution < 1.29 is 9.53 Å². The Morgan fingerprint density at radius 1 is 1.56 bits per heavy atom. The van der Waals surface area contributed by atoms with Crippen molar-refractivity contribution in [2.45, 2.75) is 32.6 Å². The van der Waals surface area contributed by atoms with Crippen LogP contribution in [0.1, 0.15) is 31.7 Å². The lowest BCUT2D eigenvalue weighted by molar-refractivity contribution is -0.134. The van der Waals surface area contributed by atoms with Gasteiger partial charge in [0.05, 0.1) is 12.0 Å². The molecule has 4 nitrogen and oxygen atoms in total. The number of nitrogens with one attached hydrogen (secondary N) is 1. The van der Waals surface area contributed by atoms with Crippen LogP contribution in [0.2, 0.25) is 0 Å². The predicted molar refractivity (Wildman–Crippen MR) is 70.4 cm³/mol. The molecule has 0 bridgehead atoms. The van der Waals surface area contributed by atoms with E-state index in [1.165, 1.54) is 0 Å². The van der Waals surface area contributed by atoms with Crippen LogP contribution in [-0.4, -0.2) is 24.6 Å². The molecule has 98 valence electrons. The van der Waals surface area contributed by atoms with Crippen LogP contribution >= 0.6 is 0 Å². The zero-order chi connectivity index (χ0) is 13.0. The van der Waals surface area contributed by atoms with Crippen molar-refractivity contribution in [2.75, 3.05) is 19.0 Å². The number of methoxy groups -OCH3 is 1. The number of anilines is 1. The van der Waals surface area contributed by atoms with E-state index in [4.69, 9.17) is 4.74 Å². The van der Waals surface area contributed by atoms with E-state index in [2.05, 4.69) is 17.2 Å². The van der Waals surface area contributed by atoms with E-state index in [1.807, 2.05) is 6.07 Å². The molecule has 1 saturated carbocycles. The van der Waals surface area contributed by atoms with Crippen molar-refractivity contribution in [1.29, 1.82) is 0 Å². The number of carbonyl (C=O) groups is 1. The highest BCUT2D eigenvalue weighted by atomic mass is 16.5. The quantitative estimate of drug-likeness (QED) is 0.870. The van der Waals surface area contributed by atoms with Gasteiger partial charge < -0.3 is 10.1 Å². The second kappa shape index (κ2) is 5.48. The number of pyridine rings is 1. The van der Waals surface area contributed by atoms with Crippen molar-refractivity contribution in [1.82, 2.24) is 4.98 Å². The maximum absolute atomic E-state index is 12.4. The van der Waals surface area contributed by atoms with Crippen LogP contribution in [0.5, 0.6) is 0 Å². The molecule has 0 aromatic carbocycles. The zero-order valence-electron chi connectivity index (χ0n) is 11.0. The summed E-state index contributed by atoms with van der Waals surface area (Å²) in [6, 6.07) is 1.86. The van der Waals surface area contributed by atoms with Gasteiger partial charge in [-0.2, -0.15) is 0 Å². The van der Waals surface area contributed by atoms with Gasteiger partial charge in [-0.05, 0) is 30.9 Å². The van der Waals surface area contributed by atoms with Gasteiger partial charge in [-0.3, -0.25) is 9.78 Å². The van der Waals surface area contributed by atoms with Gasteiger partial charge in [0.15, 0.2) is 0 Å². The van der Waals surface area contributed by atoms with Crippen LogP contribution < -0.4 is 5.32 Å². The van der Waals surface area contributed by atoms with Gasteiger partial charge >= 0.3 is 0 Å². The molecule has 0 spiro atoms. The fourth-order valence-corrected chi connectivity index (χ4v) is 2.40. The van der Waals surface area contributed by atoms with E-state index in [9.17, 15) is 4.79 Å². The number of hydrogen-bond donors (Lipinski definition) is 1. The van der Waals surface area contributed by atoms with E-state index in [-0.39, 0.29) is 11.3 Å². The second-order valence-electron chi connectivity index (χ2n) is 4.91. The standard InChI is InChI=1S/C14H20N2O2/c1-3-11-9-15-8-5-12(11)16-13(17)14(10-18-2)6-4-7-14/h5,8-9H,3-4,6-7,10H2,1-2H3,(H,15,16,17). The van der Waals surface area contributed by atoms with E-state index in [1.54, 1.807) is 19.5 Å². The smallest absolute Gasteiger partial charge is 0.232 e. The van der Waals surface area contributed by atoms with E-state index in [0.29, 0.717) is 6.61 Å². The van der Waals surface area contributed by atoms with Gasteiger partial charge in [0, 0.05) is 25.2 Å². The molecule has 18 heavy (non-hydrogen) atoms. The summed E-state index contributed by atoms with van der Waals surface area (Å²) in [5.74, 6) is 0.0801. The number of rotatable bonds is 5. The number of aryl methyl sites for hydroxylation is 1. The van der Waals surface area contributed by atoms with Crippen molar-refractivity contribution in [2.24, 2.45) is 5.41 Å². The first-order valence-corrected chi connectivity index (χ1v) is 6.45. The molecule has 0 radical (unpaired) electrons. The normalized spacial score (nSPS) is 17.0. The minimum Gasteiger partial charge on any atom is -0.384 e. The Balaban J connectivity index is 2.11. The first-order valence-electron chi connectivity index (χ1n) is 6.45. The third-order valence-electron chi connectivity index (χ3n) is 3.75. The molecule has 1 heterocycles. The van der Waals surface area contributed by atoms with Crippen LogP contribution in [0.4, 0.5) is 5.69 Å². The molecule has 1 N–H and O–H groups in total. The van der Waals surface area contributed by atoms with Crippen LogP contribution in [-0.2, 0) is 16.0 Å². The molecular formula is C14H20N2O2. The van der Waals surface area contributed by atoms with Gasteiger partial charge in [0.2, 0.25) is 5.91 Å². The predicted octanol–water partition coefficient (Wildman–Crippen LogP) is 2.40. The summed E-state index contributed by atoms with van der Waals surface area (Å²) in [5.41, 5.74) is 1.63. The summed E-state index contributed by atoms with van der Waals surface area (Å²) in [7, 11) is 1.65. The number of carbonyl (C=O) groups excluding carboxylic acids is 1. The number of amides is 1. The lowest BCUT2D eigenvalue weighted by Gasteiger charge is -2.39. The third kappa shape index (κ3) is 2.38. The fourth-order valence-electron chi connectivity index (χ4n) is 2.40. The molecule has 0 unspecified atom stereocenters. The summed E-state index contributed by atoms with van der Waals surface area (Å²) in [6.07, 6.45) is 7.31. The summed E-state index contributed by atoms with van der Waals surface area (Å²) in [5, 5.41) is 3.03. The van der Waals surface area contributed by atoms with Gasteiger partial charge in [-0.1, -0.05) is 13.3 Å². The molecule has 1 aromatic rings. The highest BCUT2D eigenvalue weighted by Gasteiger charge is 2.44. The Hall–Kier alpha value is -1.42. The average molecular weight is 248 g/mol. The van der Waals surface area contributed by atoms with Crippen molar-refractivity contribution in [3.05, 3.63) is 24.0 Å². The van der Waals surface area contributed by atoms with Crippen LogP contribution in [0.3, 0.4) is 0 Å². The molecule has 1 fully saturated rings. The summed E-state index contributed by atoms with van der Waals surface area (Å²) < 4.78 is 5.19. The molecule has 1 aliphatic rings. The zero-order valence-corrected chi connectivity index (χ0v) is 11.0. The van der Waals surface area contributed by atoms with Crippen LogP contribution in [0, 0.1) is 5.41 Å². The third-order valence-corrected chi connectivity index (χ3v) is 3.75. The van der Waals surface area contributed by atoms with Crippen molar-refractivity contribution in [3.8, 4) is 0 Å². The average Bonchev–Trinajstić information content (AvgIpc) is 2.34. The number of nitrogens with zero attached hydrogens (tertiary/aromatic N) is 1. The van der Waals surface area contributed by atoms with E-state index in [0.717, 1.165) is 36.9 Å². The highest BCUT2D eigenvalue weighted by Crippen LogP contribution is 2.42. The Bertz CT molecular complexity index is 428. The monoisotopic (exact) mass is 248 g/mol. The highest BCUT2D eigenvalue weighted by molar-refractivity contribution is 5.96. The van der Waals surface area contributed by atoms with E-state index >= 15 is 0 Å². The molecule has 2 rings (SSSR count). The van der Waals surface area contributed by atoms with Gasteiger partial charge in [0.25, 0.3) is 0 Å². The maximum atomic E-state index is 12.4. The fraction of sp³-hybridized carbons (Fsp3) is 0.571. The molecule has 4 heteroatoms. The Labute approximate surface area is 108 Å². The van der Waals surface area contributed by atoms with Crippen molar-refractivity contribution >= 4 is 11.6 Å². The summed E-state index contributed by atoms with van der Waals surface area (Å²) >= 11 is 0. The largest absolute Gasteiger partial charge is 0.384 e. The first kappa shape index (κ1) is 13.0. The van der Waals surface area contributed by atoms with Gasteiger partial charge in [0.1, 0.15) is 0 Å². The lowest BCUT2D eigenvalue weighted by atomic mass is 9.68. The SMILES string of the molecule is CCc1cnccc1NC(=O)C1(COC)CCC1. The molecule has 0 saturated heterocycles. The molecular weight excluding hydrogens is 228 g/mol. The molecule has 1 amide bonds. The topological polar surface area (TPSA) is 51.2 Å². The lowest BCUT2D eigenvalue weighted by Crippen LogP contribution is -2.45. The minimum atomic E-state index is -0.316. The summed E-state index contributed by atoms with van der Waals surface area (Å²) in [4.78, 5) is 16.4. The summed E-state index contributed by atoms with van der Waals surface area (Å²) in [6.45, 7) is 2.56.